The second-order valence-electron chi connectivity index (χ2n) is 5.83. The molecule has 1 N–H and O–H groups in total. The predicted molar refractivity (Wildman–Crippen MR) is 84.4 cm³/mol. The average Bonchev–Trinajstić information content (AvgIpc) is 2.85. The first-order chi connectivity index (χ1) is 10.7. The standard InChI is InChI=1S/C17H23N3O2/c1-13-15(10-19(2)18-13)11-20-8-9-22-16(12-21)17(20)14-6-4-3-5-7-14/h3-7,10,16-17,21H,8-9,11-12H2,1-2H3/t16-,17-/m1/s1. The maximum absolute atomic E-state index is 9.70. The Morgan fingerprint density at radius 2 is 2.09 bits per heavy atom. The highest BCUT2D eigenvalue weighted by Gasteiger charge is 2.33. The summed E-state index contributed by atoms with van der Waals surface area (Å²) in [5, 5.41) is 14.1. The van der Waals surface area contributed by atoms with Crippen molar-refractivity contribution in [1.29, 1.82) is 0 Å². The molecule has 0 bridgehead atoms. The van der Waals surface area contributed by atoms with Crippen molar-refractivity contribution in [2.75, 3.05) is 19.8 Å². The van der Waals surface area contributed by atoms with E-state index < -0.39 is 0 Å². The van der Waals surface area contributed by atoms with E-state index in [9.17, 15) is 5.11 Å². The molecular weight excluding hydrogens is 278 g/mol. The number of ether oxygens (including phenoxy) is 1. The van der Waals surface area contributed by atoms with E-state index in [-0.39, 0.29) is 18.8 Å². The molecule has 0 amide bonds. The Balaban J connectivity index is 1.88. The topological polar surface area (TPSA) is 50.5 Å². The molecule has 1 aromatic carbocycles. The highest BCUT2D eigenvalue weighted by molar-refractivity contribution is 5.22. The van der Waals surface area contributed by atoms with Gasteiger partial charge in [0.15, 0.2) is 0 Å². The van der Waals surface area contributed by atoms with Crippen molar-refractivity contribution in [2.24, 2.45) is 7.05 Å². The van der Waals surface area contributed by atoms with E-state index >= 15 is 0 Å². The minimum absolute atomic E-state index is 0.0298. The van der Waals surface area contributed by atoms with E-state index in [0.717, 1.165) is 18.8 Å². The number of hydrogen-bond acceptors (Lipinski definition) is 4. The third-order valence-corrected chi connectivity index (χ3v) is 4.27. The van der Waals surface area contributed by atoms with Crippen molar-refractivity contribution in [2.45, 2.75) is 25.6 Å². The predicted octanol–water partition coefficient (Wildman–Crippen LogP) is 1.66. The van der Waals surface area contributed by atoms with Crippen molar-refractivity contribution >= 4 is 0 Å². The minimum atomic E-state index is -0.187. The van der Waals surface area contributed by atoms with Crippen LogP contribution >= 0.6 is 0 Å². The minimum Gasteiger partial charge on any atom is -0.394 e. The van der Waals surface area contributed by atoms with Gasteiger partial charge in [-0.3, -0.25) is 9.58 Å². The summed E-state index contributed by atoms with van der Waals surface area (Å²) < 4.78 is 7.64. The lowest BCUT2D eigenvalue weighted by molar-refractivity contribution is -0.0961. The van der Waals surface area contributed by atoms with Gasteiger partial charge in [0.25, 0.3) is 0 Å². The Morgan fingerprint density at radius 3 is 2.73 bits per heavy atom. The first kappa shape index (κ1) is 15.2. The molecule has 0 unspecified atom stereocenters. The quantitative estimate of drug-likeness (QED) is 0.933. The lowest BCUT2D eigenvalue weighted by atomic mass is 9.98. The van der Waals surface area contributed by atoms with E-state index in [1.807, 2.05) is 36.9 Å². The molecule has 2 aromatic rings. The van der Waals surface area contributed by atoms with Gasteiger partial charge in [-0.05, 0) is 12.5 Å². The van der Waals surface area contributed by atoms with Gasteiger partial charge < -0.3 is 9.84 Å². The Morgan fingerprint density at radius 1 is 1.32 bits per heavy atom. The molecule has 1 aliphatic heterocycles. The third-order valence-electron chi connectivity index (χ3n) is 4.27. The first-order valence-electron chi connectivity index (χ1n) is 7.69. The molecule has 0 saturated carbocycles. The fraction of sp³-hybridized carbons (Fsp3) is 0.471. The number of aliphatic hydroxyl groups is 1. The van der Waals surface area contributed by atoms with Gasteiger partial charge in [-0.2, -0.15) is 5.10 Å². The molecule has 0 radical (unpaired) electrons. The summed E-state index contributed by atoms with van der Waals surface area (Å²) in [6, 6.07) is 10.4. The number of morpholine rings is 1. The van der Waals surface area contributed by atoms with Gasteiger partial charge in [0.1, 0.15) is 6.10 Å². The lowest BCUT2D eigenvalue weighted by Gasteiger charge is -2.40. The van der Waals surface area contributed by atoms with Crippen molar-refractivity contribution in [3.63, 3.8) is 0 Å². The largest absolute Gasteiger partial charge is 0.394 e. The van der Waals surface area contributed by atoms with Gasteiger partial charge in [0, 0.05) is 31.9 Å². The summed E-state index contributed by atoms with van der Waals surface area (Å²) in [5.41, 5.74) is 3.46. The zero-order valence-electron chi connectivity index (χ0n) is 13.1. The molecule has 1 saturated heterocycles. The van der Waals surface area contributed by atoms with Crippen LogP contribution in [0.2, 0.25) is 0 Å². The Kier molecular flexibility index (Phi) is 4.57. The van der Waals surface area contributed by atoms with E-state index in [1.165, 1.54) is 11.1 Å². The van der Waals surface area contributed by atoms with E-state index in [2.05, 4.69) is 28.3 Å². The van der Waals surface area contributed by atoms with Crippen LogP contribution in [-0.4, -0.2) is 45.6 Å². The van der Waals surface area contributed by atoms with Gasteiger partial charge in [0.05, 0.1) is 24.9 Å². The number of hydrogen-bond donors (Lipinski definition) is 1. The van der Waals surface area contributed by atoms with Crippen LogP contribution in [0.3, 0.4) is 0 Å². The van der Waals surface area contributed by atoms with Crippen molar-refractivity contribution in [3.8, 4) is 0 Å². The molecule has 118 valence electrons. The molecule has 2 atom stereocenters. The molecule has 1 aromatic heterocycles. The van der Waals surface area contributed by atoms with Crippen LogP contribution in [0, 0.1) is 6.92 Å². The number of nitrogens with zero attached hydrogens (tertiary/aromatic N) is 3. The lowest BCUT2D eigenvalue weighted by Crippen LogP contribution is -2.46. The molecule has 5 nitrogen and oxygen atoms in total. The van der Waals surface area contributed by atoms with Crippen molar-refractivity contribution < 1.29 is 9.84 Å². The van der Waals surface area contributed by atoms with Crippen LogP contribution in [0.5, 0.6) is 0 Å². The Labute approximate surface area is 131 Å². The van der Waals surface area contributed by atoms with Crippen LogP contribution in [0.4, 0.5) is 0 Å². The highest BCUT2D eigenvalue weighted by atomic mass is 16.5. The summed E-state index contributed by atoms with van der Waals surface area (Å²) in [6.45, 7) is 4.39. The van der Waals surface area contributed by atoms with Crippen LogP contribution in [-0.2, 0) is 18.3 Å². The van der Waals surface area contributed by atoms with Gasteiger partial charge in [-0.25, -0.2) is 0 Å². The number of benzene rings is 1. The van der Waals surface area contributed by atoms with E-state index in [0.29, 0.717) is 6.61 Å². The van der Waals surface area contributed by atoms with E-state index in [1.54, 1.807) is 0 Å². The van der Waals surface area contributed by atoms with E-state index in [4.69, 9.17) is 4.74 Å². The molecule has 0 spiro atoms. The van der Waals surface area contributed by atoms with Crippen LogP contribution in [0.1, 0.15) is 22.9 Å². The summed E-state index contributed by atoms with van der Waals surface area (Å²) in [5.74, 6) is 0. The highest BCUT2D eigenvalue weighted by Crippen LogP contribution is 2.31. The second-order valence-corrected chi connectivity index (χ2v) is 5.83. The normalized spacial score (nSPS) is 22.9. The third kappa shape index (κ3) is 3.06. The van der Waals surface area contributed by atoms with Gasteiger partial charge in [-0.15, -0.1) is 0 Å². The fourth-order valence-corrected chi connectivity index (χ4v) is 3.22. The van der Waals surface area contributed by atoms with Crippen LogP contribution in [0.15, 0.2) is 36.5 Å². The molecule has 1 fully saturated rings. The smallest absolute Gasteiger partial charge is 0.100 e. The maximum Gasteiger partial charge on any atom is 0.100 e. The Hall–Kier alpha value is -1.69. The molecule has 3 rings (SSSR count). The SMILES string of the molecule is Cc1nn(C)cc1CN1CCO[C@H](CO)[C@H]1c1ccccc1. The second kappa shape index (κ2) is 6.60. The molecule has 22 heavy (non-hydrogen) atoms. The Bertz CT molecular complexity index is 612. The number of aromatic nitrogens is 2. The molecule has 1 aliphatic rings. The van der Waals surface area contributed by atoms with Crippen LogP contribution < -0.4 is 0 Å². The summed E-state index contributed by atoms with van der Waals surface area (Å²) in [6.07, 6.45) is 1.88. The zero-order valence-corrected chi connectivity index (χ0v) is 13.1. The summed E-state index contributed by atoms with van der Waals surface area (Å²) in [4.78, 5) is 2.38. The number of aliphatic hydroxyl groups excluding tert-OH is 1. The zero-order chi connectivity index (χ0) is 15.5. The van der Waals surface area contributed by atoms with Crippen molar-refractivity contribution in [1.82, 2.24) is 14.7 Å². The van der Waals surface area contributed by atoms with Crippen LogP contribution in [0.25, 0.3) is 0 Å². The maximum atomic E-state index is 9.70. The monoisotopic (exact) mass is 301 g/mol. The molecule has 5 heteroatoms. The number of aryl methyl sites for hydroxylation is 2. The molecular formula is C17H23N3O2. The summed E-state index contributed by atoms with van der Waals surface area (Å²) >= 11 is 0. The molecule has 2 heterocycles. The summed E-state index contributed by atoms with van der Waals surface area (Å²) in [7, 11) is 1.95. The van der Waals surface area contributed by atoms with Gasteiger partial charge in [-0.1, -0.05) is 30.3 Å². The molecule has 0 aliphatic carbocycles. The van der Waals surface area contributed by atoms with Crippen molar-refractivity contribution in [3.05, 3.63) is 53.3 Å². The number of rotatable bonds is 4. The average molecular weight is 301 g/mol. The fourth-order valence-electron chi connectivity index (χ4n) is 3.22. The van der Waals surface area contributed by atoms with Gasteiger partial charge in [0.2, 0.25) is 0 Å². The van der Waals surface area contributed by atoms with Gasteiger partial charge >= 0.3 is 0 Å². The first-order valence-corrected chi connectivity index (χ1v) is 7.69.